The van der Waals surface area contributed by atoms with Crippen LogP contribution < -0.4 is 0 Å². The third-order valence-corrected chi connectivity index (χ3v) is 8.55. The Morgan fingerprint density at radius 3 is 2.00 bits per heavy atom. The number of amides is 1. The summed E-state index contributed by atoms with van der Waals surface area (Å²) in [6.45, 7) is 4.50. The van der Waals surface area contributed by atoms with Gasteiger partial charge in [-0.1, -0.05) is 44.0 Å². The van der Waals surface area contributed by atoms with E-state index in [4.69, 9.17) is 23.2 Å². The van der Waals surface area contributed by atoms with E-state index in [-0.39, 0.29) is 60.7 Å². The van der Waals surface area contributed by atoms with Gasteiger partial charge in [0.1, 0.15) is 5.82 Å². The first-order chi connectivity index (χ1) is 18.4. The van der Waals surface area contributed by atoms with Gasteiger partial charge >= 0.3 is 12.1 Å². The molecule has 5 rings (SSSR count). The van der Waals surface area contributed by atoms with Crippen LogP contribution in [0.2, 0.25) is 10.0 Å². The first-order valence-corrected chi connectivity index (χ1v) is 13.5. The molecular formula is C27H29Cl2F4N3O4. The van der Waals surface area contributed by atoms with E-state index in [2.05, 4.69) is 5.10 Å². The third-order valence-electron chi connectivity index (χ3n) is 7.95. The summed E-state index contributed by atoms with van der Waals surface area (Å²) in [6, 6.07) is 1.77. The van der Waals surface area contributed by atoms with E-state index >= 15 is 0 Å². The van der Waals surface area contributed by atoms with Gasteiger partial charge in [-0.15, -0.1) is 0 Å². The molecule has 40 heavy (non-hydrogen) atoms. The quantitative estimate of drug-likeness (QED) is 0.275. The summed E-state index contributed by atoms with van der Waals surface area (Å²) in [5.41, 5.74) is -4.82. The molecule has 0 saturated heterocycles. The fourth-order valence-corrected chi connectivity index (χ4v) is 6.62. The molecule has 1 N–H and O–H groups in total. The number of Topliss-reactive ketones (excluding diaryl/α,β-unsaturated/α-hetero) is 1. The lowest BCUT2D eigenvalue weighted by molar-refractivity contribution is -0.163. The topological polar surface area (TPSA) is 92.5 Å². The highest BCUT2D eigenvalue weighted by Crippen LogP contribution is 2.56. The zero-order valence-electron chi connectivity index (χ0n) is 22.2. The highest BCUT2D eigenvalue weighted by Gasteiger charge is 2.56. The van der Waals surface area contributed by atoms with E-state index in [1.807, 2.05) is 0 Å². The fourth-order valence-electron chi connectivity index (χ4n) is 5.95. The highest BCUT2D eigenvalue weighted by atomic mass is 35.5. The maximum atomic E-state index is 14.6. The minimum Gasteiger partial charge on any atom is -0.481 e. The Morgan fingerprint density at radius 1 is 1.02 bits per heavy atom. The Balaban J connectivity index is 1.72. The molecule has 0 aliphatic heterocycles. The van der Waals surface area contributed by atoms with Gasteiger partial charge in [0.2, 0.25) is 0 Å². The molecule has 3 fully saturated rings. The standard InChI is InChI=1S/C27H29Cl2F4N3O4/c1-24(2,3)14-35(13-19(37)20-17(28)10-15(30)11-18(20)29)22(38)16-12-34-36(21(16)27(31,32)33)26-7-4-25(5-8-26,6-9-26)23(39)40/h10-12H,4-9,13-14H2,1-3H3,(H,39,40). The van der Waals surface area contributed by atoms with Crippen LogP contribution in [0.15, 0.2) is 18.3 Å². The molecule has 1 aromatic heterocycles. The highest BCUT2D eigenvalue weighted by molar-refractivity contribution is 6.40. The summed E-state index contributed by atoms with van der Waals surface area (Å²) in [7, 11) is 0. The molecule has 0 spiro atoms. The van der Waals surface area contributed by atoms with Crippen molar-refractivity contribution in [1.82, 2.24) is 14.7 Å². The van der Waals surface area contributed by atoms with Crippen molar-refractivity contribution in [3.05, 3.63) is 51.0 Å². The second kappa shape index (κ2) is 10.3. The molecule has 2 aromatic rings. The van der Waals surface area contributed by atoms with Crippen molar-refractivity contribution < 1.29 is 37.1 Å². The van der Waals surface area contributed by atoms with Crippen LogP contribution >= 0.6 is 23.2 Å². The molecule has 3 saturated carbocycles. The van der Waals surface area contributed by atoms with E-state index < -0.39 is 63.8 Å². The molecule has 3 aliphatic carbocycles. The van der Waals surface area contributed by atoms with Gasteiger partial charge in [0.25, 0.3) is 5.91 Å². The lowest BCUT2D eigenvalue weighted by atomic mass is 9.57. The van der Waals surface area contributed by atoms with Crippen LogP contribution in [-0.2, 0) is 16.5 Å². The van der Waals surface area contributed by atoms with Crippen LogP contribution in [0.5, 0.6) is 0 Å². The van der Waals surface area contributed by atoms with Crippen molar-refractivity contribution >= 4 is 40.9 Å². The molecule has 218 valence electrons. The van der Waals surface area contributed by atoms with Gasteiger partial charge in [0.05, 0.1) is 44.9 Å². The third kappa shape index (κ3) is 5.59. The number of halogens is 6. The Bertz CT molecular complexity index is 1320. The number of aliphatic carboxylic acids is 1. The van der Waals surface area contributed by atoms with E-state index in [0.29, 0.717) is 0 Å². The van der Waals surface area contributed by atoms with E-state index in [9.17, 15) is 37.1 Å². The second-order valence-corrected chi connectivity index (χ2v) is 12.8. The van der Waals surface area contributed by atoms with Gasteiger partial charge in [-0.3, -0.25) is 19.1 Å². The number of aromatic nitrogens is 2. The van der Waals surface area contributed by atoms with E-state index in [1.54, 1.807) is 20.8 Å². The summed E-state index contributed by atoms with van der Waals surface area (Å²) < 4.78 is 58.3. The summed E-state index contributed by atoms with van der Waals surface area (Å²) in [5, 5.41) is 13.2. The Hall–Kier alpha value is -2.66. The predicted molar refractivity (Wildman–Crippen MR) is 139 cm³/mol. The summed E-state index contributed by atoms with van der Waals surface area (Å²) >= 11 is 12.1. The largest absolute Gasteiger partial charge is 0.481 e. The van der Waals surface area contributed by atoms with Gasteiger partial charge in [-0.25, -0.2) is 4.39 Å². The number of fused-ring (bicyclic) bond motifs is 3. The van der Waals surface area contributed by atoms with Crippen molar-refractivity contribution in [2.45, 2.75) is 71.0 Å². The maximum absolute atomic E-state index is 14.6. The van der Waals surface area contributed by atoms with Crippen LogP contribution in [0.25, 0.3) is 0 Å². The number of carboxylic acid groups (broad SMARTS) is 1. The Morgan fingerprint density at radius 2 is 1.55 bits per heavy atom. The first kappa shape index (κ1) is 30.3. The Labute approximate surface area is 238 Å². The van der Waals surface area contributed by atoms with Crippen LogP contribution in [0.4, 0.5) is 17.6 Å². The molecule has 3 aliphatic rings. The fraction of sp³-hybridized carbons (Fsp3) is 0.556. The summed E-state index contributed by atoms with van der Waals surface area (Å²) in [6.07, 6.45) is -2.90. The molecule has 1 amide bonds. The molecular weight excluding hydrogens is 577 g/mol. The summed E-state index contributed by atoms with van der Waals surface area (Å²) in [5.74, 6) is -3.55. The number of benzene rings is 1. The second-order valence-electron chi connectivity index (χ2n) is 12.0. The number of alkyl halides is 3. The van der Waals surface area contributed by atoms with Gasteiger partial charge in [-0.2, -0.15) is 18.3 Å². The molecule has 0 unspecified atom stereocenters. The smallest absolute Gasteiger partial charge is 0.433 e. The monoisotopic (exact) mass is 605 g/mol. The normalized spacial score (nSPS) is 22.8. The average Bonchev–Trinajstić information content (AvgIpc) is 3.30. The van der Waals surface area contributed by atoms with Gasteiger partial charge in [0, 0.05) is 6.54 Å². The number of carboxylic acids is 1. The maximum Gasteiger partial charge on any atom is 0.433 e. The lowest BCUT2D eigenvalue weighted by Gasteiger charge is -2.51. The zero-order chi connectivity index (χ0) is 29.8. The lowest BCUT2D eigenvalue weighted by Crippen LogP contribution is -2.52. The van der Waals surface area contributed by atoms with Crippen LogP contribution in [0.3, 0.4) is 0 Å². The van der Waals surface area contributed by atoms with Crippen molar-refractivity contribution in [3.63, 3.8) is 0 Å². The number of hydrogen-bond acceptors (Lipinski definition) is 4. The number of ketones is 1. The SMILES string of the molecule is CC(C)(C)CN(CC(=O)c1c(Cl)cc(F)cc1Cl)C(=O)c1cnn(C23CCC(C(=O)O)(CC2)CC3)c1C(F)(F)F. The van der Waals surface area contributed by atoms with Gasteiger partial charge in [0.15, 0.2) is 11.5 Å². The minimum atomic E-state index is -4.96. The summed E-state index contributed by atoms with van der Waals surface area (Å²) in [4.78, 5) is 39.7. The van der Waals surface area contributed by atoms with Crippen molar-refractivity contribution in [1.29, 1.82) is 0 Å². The number of carbonyl (C=O) groups excluding carboxylic acids is 2. The molecule has 0 atom stereocenters. The van der Waals surface area contributed by atoms with E-state index in [0.717, 1.165) is 27.9 Å². The van der Waals surface area contributed by atoms with Gasteiger partial charge in [-0.05, 0) is 56.1 Å². The van der Waals surface area contributed by atoms with Crippen LogP contribution in [0.1, 0.15) is 85.7 Å². The van der Waals surface area contributed by atoms with Crippen LogP contribution in [0, 0.1) is 16.6 Å². The van der Waals surface area contributed by atoms with Crippen molar-refractivity contribution in [3.8, 4) is 0 Å². The predicted octanol–water partition coefficient (Wildman–Crippen LogP) is 6.85. The molecule has 1 heterocycles. The first-order valence-electron chi connectivity index (χ1n) is 12.8. The molecule has 13 heteroatoms. The van der Waals surface area contributed by atoms with E-state index in [1.165, 1.54) is 0 Å². The van der Waals surface area contributed by atoms with Crippen LogP contribution in [-0.4, -0.2) is 50.5 Å². The number of nitrogens with zero attached hydrogens (tertiary/aromatic N) is 3. The molecule has 7 nitrogen and oxygen atoms in total. The van der Waals surface area contributed by atoms with Gasteiger partial charge < -0.3 is 10.0 Å². The number of hydrogen-bond donors (Lipinski definition) is 1. The van der Waals surface area contributed by atoms with Crippen molar-refractivity contribution in [2.75, 3.05) is 13.1 Å². The minimum absolute atomic E-state index is 0.0945. The number of carbonyl (C=O) groups is 3. The Kier molecular flexibility index (Phi) is 7.81. The zero-order valence-corrected chi connectivity index (χ0v) is 23.7. The number of rotatable bonds is 7. The molecule has 2 bridgehead atoms. The molecule has 1 aromatic carbocycles. The molecule has 0 radical (unpaired) electrons. The van der Waals surface area contributed by atoms with Crippen molar-refractivity contribution in [2.24, 2.45) is 10.8 Å². The average molecular weight is 606 g/mol.